The van der Waals surface area contributed by atoms with Crippen molar-refractivity contribution in [2.75, 3.05) is 6.54 Å². The zero-order chi connectivity index (χ0) is 22.4. The Hall–Kier alpha value is -2.29. The van der Waals surface area contributed by atoms with Crippen molar-refractivity contribution in [3.05, 3.63) is 52.6 Å². The first-order valence-corrected chi connectivity index (χ1v) is 12.1. The molecule has 1 aliphatic heterocycles. The van der Waals surface area contributed by atoms with Crippen molar-refractivity contribution in [1.82, 2.24) is 0 Å². The van der Waals surface area contributed by atoms with Gasteiger partial charge in [0.15, 0.2) is 5.84 Å². The van der Waals surface area contributed by atoms with Crippen LogP contribution in [0.3, 0.4) is 0 Å². The van der Waals surface area contributed by atoms with Gasteiger partial charge in [0, 0.05) is 11.5 Å². The van der Waals surface area contributed by atoms with E-state index in [1.165, 1.54) is 41.5 Å². The molecule has 2 aliphatic rings. The third-order valence-electron chi connectivity index (χ3n) is 6.70. The van der Waals surface area contributed by atoms with Crippen LogP contribution in [0.1, 0.15) is 83.4 Å². The summed E-state index contributed by atoms with van der Waals surface area (Å²) in [7, 11) is 0. The Bertz CT molecular complexity index is 943. The molecule has 0 aromatic heterocycles. The van der Waals surface area contributed by atoms with Crippen LogP contribution in [0.2, 0.25) is 0 Å². The minimum absolute atomic E-state index is 0.340. The topological polar surface area (TPSA) is 37.1 Å². The Morgan fingerprint density at radius 2 is 1.94 bits per heavy atom. The molecule has 3 nitrogen and oxygen atoms in total. The van der Waals surface area contributed by atoms with Crippen molar-refractivity contribution < 1.29 is 0 Å². The van der Waals surface area contributed by atoms with Gasteiger partial charge in [-0.05, 0) is 61.3 Å². The molecule has 1 aliphatic carbocycles. The summed E-state index contributed by atoms with van der Waals surface area (Å²) >= 11 is 0. The smallest absolute Gasteiger partial charge is 0.158 e. The summed E-state index contributed by atoms with van der Waals surface area (Å²) in [4.78, 5) is 15.0. The zero-order valence-electron chi connectivity index (χ0n) is 20.3. The lowest BCUT2D eigenvalue weighted by Gasteiger charge is -2.24. The van der Waals surface area contributed by atoms with E-state index in [-0.39, 0.29) is 0 Å². The minimum Gasteiger partial charge on any atom is -0.261 e. The number of unbranched alkanes of at least 4 members (excludes halogenated alkanes) is 1. The summed E-state index contributed by atoms with van der Waals surface area (Å²) < 4.78 is 0. The van der Waals surface area contributed by atoms with Gasteiger partial charge in [0.2, 0.25) is 0 Å². The van der Waals surface area contributed by atoms with E-state index in [1.807, 2.05) is 0 Å². The monoisotopic (exact) mass is 417 g/mol. The van der Waals surface area contributed by atoms with Crippen molar-refractivity contribution in [2.45, 2.75) is 80.1 Å². The standard InChI is InChI=1S/C28H39N3/c1-7-9-13-19(3)21(5)27-30-22(6)25(12-8-2)28(31-27)29-18-24-17-11-16-23-15-10-14-20(4)26(23)24/h10,12,14-15,17,19,21H,7-9,11,13,16,18H2,1-6H3/b25-12-,29-28?. The van der Waals surface area contributed by atoms with E-state index < -0.39 is 0 Å². The first-order valence-electron chi connectivity index (χ1n) is 12.1. The van der Waals surface area contributed by atoms with Gasteiger partial charge in [0.1, 0.15) is 5.84 Å². The van der Waals surface area contributed by atoms with E-state index in [1.54, 1.807) is 0 Å². The molecule has 0 spiro atoms. The minimum atomic E-state index is 0.340. The molecular formula is C28H39N3. The first-order chi connectivity index (χ1) is 15.0. The summed E-state index contributed by atoms with van der Waals surface area (Å²) in [6.07, 6.45) is 11.5. The molecule has 2 atom stereocenters. The van der Waals surface area contributed by atoms with Gasteiger partial charge in [-0.3, -0.25) is 4.99 Å². The fourth-order valence-corrected chi connectivity index (χ4v) is 4.59. The Labute approximate surface area is 189 Å². The van der Waals surface area contributed by atoms with Gasteiger partial charge in [-0.1, -0.05) is 77.3 Å². The first kappa shape index (κ1) is 23.4. The summed E-state index contributed by atoms with van der Waals surface area (Å²) in [5.41, 5.74) is 7.67. The molecule has 3 heteroatoms. The quantitative estimate of drug-likeness (QED) is 0.423. The normalized spacial score (nSPS) is 20.8. The largest absolute Gasteiger partial charge is 0.261 e. The molecular weight excluding hydrogens is 378 g/mol. The van der Waals surface area contributed by atoms with Crippen LogP contribution >= 0.6 is 0 Å². The highest BCUT2D eigenvalue weighted by Crippen LogP contribution is 2.30. The molecule has 1 aromatic rings. The lowest BCUT2D eigenvalue weighted by atomic mass is 9.87. The fraction of sp³-hybridized carbons (Fsp3) is 0.536. The van der Waals surface area contributed by atoms with Crippen molar-refractivity contribution in [1.29, 1.82) is 0 Å². The number of allylic oxidation sites excluding steroid dienone is 2. The second-order valence-electron chi connectivity index (χ2n) is 9.12. The molecule has 0 N–H and O–H groups in total. The highest BCUT2D eigenvalue weighted by molar-refractivity contribution is 6.30. The molecule has 31 heavy (non-hydrogen) atoms. The second kappa shape index (κ2) is 10.8. The highest BCUT2D eigenvalue weighted by Gasteiger charge is 2.24. The third kappa shape index (κ3) is 5.50. The number of benzene rings is 1. The molecule has 166 valence electrons. The molecule has 1 heterocycles. The molecule has 0 fully saturated rings. The molecule has 0 amide bonds. The molecule has 2 unspecified atom stereocenters. The van der Waals surface area contributed by atoms with Crippen molar-refractivity contribution in [2.24, 2.45) is 26.8 Å². The van der Waals surface area contributed by atoms with Crippen LogP contribution in [0, 0.1) is 18.8 Å². The predicted molar refractivity (Wildman–Crippen MR) is 137 cm³/mol. The van der Waals surface area contributed by atoms with Crippen LogP contribution in [0.5, 0.6) is 0 Å². The number of hydrogen-bond acceptors (Lipinski definition) is 2. The molecule has 0 saturated carbocycles. The summed E-state index contributed by atoms with van der Waals surface area (Å²) in [5.74, 6) is 2.72. The maximum Gasteiger partial charge on any atom is 0.158 e. The molecule has 0 saturated heterocycles. The van der Waals surface area contributed by atoms with E-state index >= 15 is 0 Å². The lowest BCUT2D eigenvalue weighted by molar-refractivity contribution is 0.431. The number of nitrogens with zero attached hydrogens (tertiary/aromatic N) is 3. The fourth-order valence-electron chi connectivity index (χ4n) is 4.59. The van der Waals surface area contributed by atoms with Crippen LogP contribution < -0.4 is 0 Å². The predicted octanol–water partition coefficient (Wildman–Crippen LogP) is 7.39. The van der Waals surface area contributed by atoms with Crippen molar-refractivity contribution in [3.8, 4) is 0 Å². The maximum atomic E-state index is 5.06. The summed E-state index contributed by atoms with van der Waals surface area (Å²) in [6.45, 7) is 14.0. The number of amidine groups is 2. The van der Waals surface area contributed by atoms with Gasteiger partial charge in [-0.2, -0.15) is 0 Å². The van der Waals surface area contributed by atoms with Crippen LogP contribution in [-0.2, 0) is 6.42 Å². The van der Waals surface area contributed by atoms with Gasteiger partial charge in [-0.25, -0.2) is 9.98 Å². The van der Waals surface area contributed by atoms with Gasteiger partial charge in [0.05, 0.1) is 12.3 Å². The highest BCUT2D eigenvalue weighted by atomic mass is 15.0. The van der Waals surface area contributed by atoms with Gasteiger partial charge in [0.25, 0.3) is 0 Å². The molecule has 0 bridgehead atoms. The summed E-state index contributed by atoms with van der Waals surface area (Å²) in [6, 6.07) is 6.64. The van der Waals surface area contributed by atoms with E-state index in [9.17, 15) is 0 Å². The molecule has 0 radical (unpaired) electrons. The van der Waals surface area contributed by atoms with E-state index in [4.69, 9.17) is 15.0 Å². The lowest BCUT2D eigenvalue weighted by Crippen LogP contribution is -2.26. The Morgan fingerprint density at radius 3 is 2.68 bits per heavy atom. The number of aryl methyl sites for hydroxylation is 2. The SMILES string of the molecule is CC/C=C1/C(C)=NC(C(C)C(C)CCCC)=NC1=NCC1=CCCc2cccc(C)c21. The number of rotatable bonds is 8. The van der Waals surface area contributed by atoms with E-state index in [0.717, 1.165) is 42.2 Å². The van der Waals surface area contributed by atoms with Crippen LogP contribution in [0.4, 0.5) is 0 Å². The van der Waals surface area contributed by atoms with Crippen LogP contribution in [0.25, 0.3) is 5.57 Å². The van der Waals surface area contributed by atoms with Gasteiger partial charge >= 0.3 is 0 Å². The third-order valence-corrected chi connectivity index (χ3v) is 6.70. The Kier molecular flexibility index (Phi) is 8.17. The van der Waals surface area contributed by atoms with Crippen LogP contribution in [-0.4, -0.2) is 23.9 Å². The zero-order valence-corrected chi connectivity index (χ0v) is 20.3. The van der Waals surface area contributed by atoms with Gasteiger partial charge in [-0.15, -0.1) is 0 Å². The average Bonchev–Trinajstić information content (AvgIpc) is 2.77. The summed E-state index contributed by atoms with van der Waals surface area (Å²) in [5, 5.41) is 0. The van der Waals surface area contributed by atoms with E-state index in [2.05, 4.69) is 71.9 Å². The van der Waals surface area contributed by atoms with Crippen molar-refractivity contribution in [3.63, 3.8) is 0 Å². The van der Waals surface area contributed by atoms with E-state index in [0.29, 0.717) is 18.4 Å². The average molecular weight is 418 g/mol. The Morgan fingerprint density at radius 1 is 1.13 bits per heavy atom. The molecule has 1 aromatic carbocycles. The van der Waals surface area contributed by atoms with Gasteiger partial charge < -0.3 is 0 Å². The maximum absolute atomic E-state index is 5.06. The number of hydrogen-bond donors (Lipinski definition) is 0. The van der Waals surface area contributed by atoms with Crippen LogP contribution in [0.15, 0.2) is 50.9 Å². The number of fused-ring (bicyclic) bond motifs is 1. The number of aliphatic imine (C=N–C) groups is 3. The second-order valence-corrected chi connectivity index (χ2v) is 9.12. The van der Waals surface area contributed by atoms with Crippen molar-refractivity contribution >= 4 is 23.0 Å². The Balaban J connectivity index is 1.91. The molecule has 3 rings (SSSR count).